The molecule has 1 aliphatic rings. The fourth-order valence-electron chi connectivity index (χ4n) is 2.77. The minimum atomic E-state index is -0.0623. The maximum absolute atomic E-state index is 12.1. The van der Waals surface area contributed by atoms with Crippen molar-refractivity contribution >= 4 is 17.5 Å². The van der Waals surface area contributed by atoms with Crippen LogP contribution in [0.15, 0.2) is 42.5 Å². The molecule has 2 N–H and O–H groups in total. The number of rotatable bonds is 8. The van der Waals surface area contributed by atoms with Crippen LogP contribution in [0.5, 0.6) is 5.75 Å². The van der Waals surface area contributed by atoms with E-state index in [-0.39, 0.29) is 17.7 Å². The standard InChI is InChI=1S/C22H26N2O3/c1-15-5-3-8-20(16(15)2)27-12-11-21(25)23-14-17-6-4-7-19(13-17)24-22(26)18-9-10-18/h3-8,13,18H,9-12,14H2,1-2H3,(H,23,25)(H,24,26). The Morgan fingerprint density at radius 1 is 1.11 bits per heavy atom. The van der Waals surface area contributed by atoms with Crippen molar-refractivity contribution in [1.29, 1.82) is 0 Å². The van der Waals surface area contributed by atoms with E-state index in [0.717, 1.165) is 35.4 Å². The highest BCUT2D eigenvalue weighted by molar-refractivity contribution is 5.94. The Labute approximate surface area is 160 Å². The van der Waals surface area contributed by atoms with E-state index in [1.807, 2.05) is 56.3 Å². The minimum Gasteiger partial charge on any atom is -0.493 e. The zero-order valence-corrected chi connectivity index (χ0v) is 15.9. The number of anilines is 1. The topological polar surface area (TPSA) is 67.4 Å². The zero-order valence-electron chi connectivity index (χ0n) is 15.9. The molecule has 0 spiro atoms. The van der Waals surface area contributed by atoms with Gasteiger partial charge in [0, 0.05) is 18.2 Å². The molecule has 2 aromatic rings. The van der Waals surface area contributed by atoms with Crippen LogP contribution in [0.3, 0.4) is 0 Å². The summed E-state index contributed by atoms with van der Waals surface area (Å²) in [7, 11) is 0. The van der Waals surface area contributed by atoms with Gasteiger partial charge in [-0.1, -0.05) is 24.3 Å². The summed E-state index contributed by atoms with van der Waals surface area (Å²) < 4.78 is 5.72. The van der Waals surface area contributed by atoms with E-state index in [0.29, 0.717) is 19.6 Å². The maximum atomic E-state index is 12.1. The highest BCUT2D eigenvalue weighted by Gasteiger charge is 2.29. The van der Waals surface area contributed by atoms with Crippen LogP contribution in [0.2, 0.25) is 0 Å². The molecule has 2 amide bonds. The largest absolute Gasteiger partial charge is 0.493 e. The molecule has 1 fully saturated rings. The number of hydrogen-bond donors (Lipinski definition) is 2. The Bertz CT molecular complexity index is 828. The van der Waals surface area contributed by atoms with E-state index in [4.69, 9.17) is 4.74 Å². The van der Waals surface area contributed by atoms with Crippen LogP contribution in [-0.4, -0.2) is 18.4 Å². The Morgan fingerprint density at radius 2 is 1.89 bits per heavy atom. The summed E-state index contributed by atoms with van der Waals surface area (Å²) >= 11 is 0. The van der Waals surface area contributed by atoms with Gasteiger partial charge in [0.25, 0.3) is 0 Å². The molecule has 5 nitrogen and oxygen atoms in total. The molecular formula is C22H26N2O3. The first-order valence-electron chi connectivity index (χ1n) is 9.38. The SMILES string of the molecule is Cc1cccc(OCCC(=O)NCc2cccc(NC(=O)C3CC3)c2)c1C. The molecule has 0 heterocycles. The fraction of sp³-hybridized carbons (Fsp3) is 0.364. The van der Waals surface area contributed by atoms with Crippen LogP contribution in [0, 0.1) is 19.8 Å². The molecule has 0 radical (unpaired) electrons. The fourth-order valence-corrected chi connectivity index (χ4v) is 2.77. The van der Waals surface area contributed by atoms with Gasteiger partial charge in [0.05, 0.1) is 13.0 Å². The third-order valence-corrected chi connectivity index (χ3v) is 4.77. The molecule has 0 aromatic heterocycles. The van der Waals surface area contributed by atoms with Gasteiger partial charge >= 0.3 is 0 Å². The molecule has 0 aliphatic heterocycles. The Morgan fingerprint density at radius 3 is 2.67 bits per heavy atom. The third-order valence-electron chi connectivity index (χ3n) is 4.77. The van der Waals surface area contributed by atoms with Crippen molar-refractivity contribution in [3.8, 4) is 5.75 Å². The summed E-state index contributed by atoms with van der Waals surface area (Å²) in [5.41, 5.74) is 4.00. The molecule has 2 aromatic carbocycles. The second-order valence-corrected chi connectivity index (χ2v) is 7.04. The number of aryl methyl sites for hydroxylation is 1. The summed E-state index contributed by atoms with van der Waals surface area (Å²) in [6, 6.07) is 13.5. The number of hydrogen-bond acceptors (Lipinski definition) is 3. The van der Waals surface area contributed by atoms with Crippen molar-refractivity contribution in [3.05, 3.63) is 59.2 Å². The first-order valence-corrected chi connectivity index (χ1v) is 9.38. The van der Waals surface area contributed by atoms with Gasteiger partial charge in [-0.05, 0) is 61.6 Å². The predicted octanol–water partition coefficient (Wildman–Crippen LogP) is 3.74. The van der Waals surface area contributed by atoms with Crippen molar-refractivity contribution in [2.24, 2.45) is 5.92 Å². The van der Waals surface area contributed by atoms with Gasteiger partial charge in [-0.3, -0.25) is 9.59 Å². The lowest BCUT2D eigenvalue weighted by molar-refractivity contribution is -0.121. The molecule has 0 atom stereocenters. The quantitative estimate of drug-likeness (QED) is 0.748. The third kappa shape index (κ3) is 5.58. The second kappa shape index (κ2) is 8.71. The first-order chi connectivity index (χ1) is 13.0. The van der Waals surface area contributed by atoms with Gasteiger partial charge in [-0.2, -0.15) is 0 Å². The number of carbonyl (C=O) groups excluding carboxylic acids is 2. The summed E-state index contributed by atoms with van der Waals surface area (Å²) in [6.07, 6.45) is 2.25. The summed E-state index contributed by atoms with van der Waals surface area (Å²) in [4.78, 5) is 23.9. The van der Waals surface area contributed by atoms with Crippen LogP contribution in [0.4, 0.5) is 5.69 Å². The average Bonchev–Trinajstić information content (AvgIpc) is 3.49. The monoisotopic (exact) mass is 366 g/mol. The van der Waals surface area contributed by atoms with Crippen LogP contribution >= 0.6 is 0 Å². The molecule has 0 unspecified atom stereocenters. The van der Waals surface area contributed by atoms with Gasteiger partial charge < -0.3 is 15.4 Å². The van der Waals surface area contributed by atoms with Crippen LogP contribution in [-0.2, 0) is 16.1 Å². The van der Waals surface area contributed by atoms with Crippen molar-refractivity contribution in [2.45, 2.75) is 39.7 Å². The van der Waals surface area contributed by atoms with E-state index in [2.05, 4.69) is 10.6 Å². The molecule has 1 saturated carbocycles. The van der Waals surface area contributed by atoms with Gasteiger partial charge in [0.15, 0.2) is 0 Å². The molecule has 0 saturated heterocycles. The van der Waals surface area contributed by atoms with E-state index in [1.54, 1.807) is 0 Å². The van der Waals surface area contributed by atoms with Gasteiger partial charge in [0.2, 0.25) is 11.8 Å². The van der Waals surface area contributed by atoms with Crippen LogP contribution in [0.25, 0.3) is 0 Å². The molecule has 0 bridgehead atoms. The number of benzene rings is 2. The smallest absolute Gasteiger partial charge is 0.227 e. The number of nitrogens with one attached hydrogen (secondary N) is 2. The van der Waals surface area contributed by atoms with E-state index < -0.39 is 0 Å². The lowest BCUT2D eigenvalue weighted by Crippen LogP contribution is -2.24. The average molecular weight is 366 g/mol. The highest BCUT2D eigenvalue weighted by Crippen LogP contribution is 2.30. The Hall–Kier alpha value is -2.82. The molecule has 1 aliphatic carbocycles. The number of ether oxygens (including phenoxy) is 1. The normalized spacial score (nSPS) is 13.1. The molecule has 142 valence electrons. The molecule has 5 heteroatoms. The van der Waals surface area contributed by atoms with E-state index >= 15 is 0 Å². The van der Waals surface area contributed by atoms with Crippen LogP contribution in [0.1, 0.15) is 36.0 Å². The van der Waals surface area contributed by atoms with Crippen molar-refractivity contribution in [3.63, 3.8) is 0 Å². The molecule has 27 heavy (non-hydrogen) atoms. The maximum Gasteiger partial charge on any atom is 0.227 e. The summed E-state index contributed by atoms with van der Waals surface area (Å²) in [5.74, 6) is 1.01. The zero-order chi connectivity index (χ0) is 19.2. The van der Waals surface area contributed by atoms with E-state index in [1.165, 1.54) is 5.56 Å². The van der Waals surface area contributed by atoms with E-state index in [9.17, 15) is 9.59 Å². The van der Waals surface area contributed by atoms with Crippen LogP contribution < -0.4 is 15.4 Å². The van der Waals surface area contributed by atoms with Gasteiger partial charge in [-0.25, -0.2) is 0 Å². The lowest BCUT2D eigenvalue weighted by Gasteiger charge is -2.11. The van der Waals surface area contributed by atoms with Crippen molar-refractivity contribution in [2.75, 3.05) is 11.9 Å². The minimum absolute atomic E-state index is 0.0623. The summed E-state index contributed by atoms with van der Waals surface area (Å²) in [5, 5.41) is 5.82. The number of carbonyl (C=O) groups is 2. The molecule has 3 rings (SSSR count). The van der Waals surface area contributed by atoms with Gasteiger partial charge in [-0.15, -0.1) is 0 Å². The second-order valence-electron chi connectivity index (χ2n) is 7.04. The Kier molecular flexibility index (Phi) is 6.12. The first kappa shape index (κ1) is 19.0. The Balaban J connectivity index is 1.42. The predicted molar refractivity (Wildman–Crippen MR) is 106 cm³/mol. The van der Waals surface area contributed by atoms with Gasteiger partial charge in [0.1, 0.15) is 5.75 Å². The lowest BCUT2D eigenvalue weighted by atomic mass is 10.1. The molecular weight excluding hydrogens is 340 g/mol. The van der Waals surface area contributed by atoms with Crippen molar-refractivity contribution < 1.29 is 14.3 Å². The highest BCUT2D eigenvalue weighted by atomic mass is 16.5. The van der Waals surface area contributed by atoms with Crippen molar-refractivity contribution in [1.82, 2.24) is 5.32 Å². The number of amides is 2. The summed E-state index contributed by atoms with van der Waals surface area (Å²) in [6.45, 7) is 4.82.